The molecule has 0 unspecified atom stereocenters. The molecular formula is C19H20ClF2N5O4. The van der Waals surface area contributed by atoms with Gasteiger partial charge in [0.15, 0.2) is 0 Å². The van der Waals surface area contributed by atoms with E-state index < -0.39 is 29.7 Å². The predicted molar refractivity (Wildman–Crippen MR) is 105 cm³/mol. The molecule has 2 atom stereocenters. The van der Waals surface area contributed by atoms with Crippen molar-refractivity contribution in [3.63, 3.8) is 0 Å². The Kier molecular flexibility index (Phi) is 5.58. The van der Waals surface area contributed by atoms with Crippen molar-refractivity contribution >= 4 is 29.2 Å². The van der Waals surface area contributed by atoms with E-state index in [1.165, 1.54) is 16.6 Å². The van der Waals surface area contributed by atoms with Crippen molar-refractivity contribution in [3.05, 3.63) is 45.7 Å². The SMILES string of the molecule is C[C@@H]1Cc2nn3c(c2CN1C(=O)Nc1cc(Cl)c(F)cc1F)C(=O)N(C)O[C@H](CO)C3. The van der Waals surface area contributed by atoms with Crippen LogP contribution >= 0.6 is 11.6 Å². The summed E-state index contributed by atoms with van der Waals surface area (Å²) in [5.74, 6) is -2.33. The van der Waals surface area contributed by atoms with Gasteiger partial charge in [-0.1, -0.05) is 11.6 Å². The maximum Gasteiger partial charge on any atom is 0.322 e. The van der Waals surface area contributed by atoms with Crippen LogP contribution in [0.2, 0.25) is 5.02 Å². The Hall–Kier alpha value is -2.76. The van der Waals surface area contributed by atoms with Crippen LogP contribution in [0.3, 0.4) is 0 Å². The van der Waals surface area contributed by atoms with Crippen molar-refractivity contribution in [3.8, 4) is 0 Å². The van der Waals surface area contributed by atoms with Crippen LogP contribution in [0, 0.1) is 11.6 Å². The van der Waals surface area contributed by atoms with E-state index in [0.29, 0.717) is 23.7 Å². The van der Waals surface area contributed by atoms with Crippen molar-refractivity contribution in [1.29, 1.82) is 0 Å². The van der Waals surface area contributed by atoms with Gasteiger partial charge in [0.05, 0.1) is 36.1 Å². The predicted octanol–water partition coefficient (Wildman–Crippen LogP) is 2.17. The van der Waals surface area contributed by atoms with Gasteiger partial charge in [0, 0.05) is 31.1 Å². The molecule has 0 bridgehead atoms. The molecule has 2 aromatic rings. The first-order chi connectivity index (χ1) is 14.7. The molecule has 2 aliphatic rings. The smallest absolute Gasteiger partial charge is 0.322 e. The second-order valence-corrected chi connectivity index (χ2v) is 7.93. The summed E-state index contributed by atoms with van der Waals surface area (Å²) in [4.78, 5) is 32.5. The molecule has 4 rings (SSSR count). The lowest BCUT2D eigenvalue weighted by Gasteiger charge is -2.33. The first kappa shape index (κ1) is 21.5. The molecule has 12 heteroatoms. The van der Waals surface area contributed by atoms with E-state index in [-0.39, 0.29) is 42.1 Å². The van der Waals surface area contributed by atoms with Crippen LogP contribution in [-0.4, -0.2) is 62.6 Å². The number of hydrogen-bond acceptors (Lipinski definition) is 5. The van der Waals surface area contributed by atoms with E-state index in [1.54, 1.807) is 6.92 Å². The molecular weight excluding hydrogens is 436 g/mol. The lowest BCUT2D eigenvalue weighted by Crippen LogP contribution is -2.45. The summed E-state index contributed by atoms with van der Waals surface area (Å²) in [5, 5.41) is 17.1. The number of carbonyl (C=O) groups is 2. The van der Waals surface area contributed by atoms with Crippen LogP contribution in [0.25, 0.3) is 0 Å². The Morgan fingerprint density at radius 1 is 1.39 bits per heavy atom. The van der Waals surface area contributed by atoms with Gasteiger partial charge in [0.25, 0.3) is 5.91 Å². The Balaban J connectivity index is 1.63. The van der Waals surface area contributed by atoms with Crippen molar-refractivity contribution < 1.29 is 28.3 Å². The van der Waals surface area contributed by atoms with Gasteiger partial charge in [0.2, 0.25) is 0 Å². The number of nitrogens with one attached hydrogen (secondary N) is 1. The van der Waals surface area contributed by atoms with E-state index in [0.717, 1.165) is 11.1 Å². The zero-order chi connectivity index (χ0) is 22.4. The molecule has 0 saturated heterocycles. The fourth-order valence-corrected chi connectivity index (χ4v) is 3.95. The number of aliphatic hydroxyl groups excluding tert-OH is 1. The topological polar surface area (TPSA) is 99.9 Å². The summed E-state index contributed by atoms with van der Waals surface area (Å²) in [7, 11) is 1.44. The average Bonchev–Trinajstić information content (AvgIpc) is 3.00. The number of hydrogen-bond donors (Lipinski definition) is 2. The number of nitrogens with zero attached hydrogens (tertiary/aromatic N) is 4. The summed E-state index contributed by atoms with van der Waals surface area (Å²) < 4.78 is 28.9. The number of aromatic nitrogens is 2. The molecule has 0 saturated carbocycles. The number of fused-ring (bicyclic) bond motifs is 3. The summed E-state index contributed by atoms with van der Waals surface area (Å²) in [6.07, 6.45) is -0.267. The monoisotopic (exact) mass is 455 g/mol. The highest BCUT2D eigenvalue weighted by Gasteiger charge is 2.37. The van der Waals surface area contributed by atoms with Gasteiger partial charge in [-0.05, 0) is 13.0 Å². The molecule has 3 amide bonds. The van der Waals surface area contributed by atoms with Crippen LogP contribution < -0.4 is 5.32 Å². The third kappa shape index (κ3) is 3.84. The Morgan fingerprint density at radius 2 is 2.13 bits per heavy atom. The molecule has 0 radical (unpaired) electrons. The molecule has 1 aromatic carbocycles. The van der Waals surface area contributed by atoms with Gasteiger partial charge in [0.1, 0.15) is 23.4 Å². The van der Waals surface area contributed by atoms with Gasteiger partial charge in [-0.2, -0.15) is 5.10 Å². The minimum Gasteiger partial charge on any atom is -0.393 e. The van der Waals surface area contributed by atoms with E-state index in [4.69, 9.17) is 16.4 Å². The van der Waals surface area contributed by atoms with Gasteiger partial charge in [-0.3, -0.25) is 14.3 Å². The fraction of sp³-hybridized carbons (Fsp3) is 0.421. The first-order valence-electron chi connectivity index (χ1n) is 9.56. The molecule has 2 aliphatic heterocycles. The summed E-state index contributed by atoms with van der Waals surface area (Å²) in [5.41, 5.74) is 1.25. The third-order valence-corrected chi connectivity index (χ3v) is 5.66. The number of halogens is 3. The highest BCUT2D eigenvalue weighted by atomic mass is 35.5. The lowest BCUT2D eigenvalue weighted by molar-refractivity contribution is -0.159. The number of anilines is 1. The maximum absolute atomic E-state index is 14.0. The van der Waals surface area contributed by atoms with Crippen LogP contribution in [0.15, 0.2) is 12.1 Å². The zero-order valence-corrected chi connectivity index (χ0v) is 17.5. The van der Waals surface area contributed by atoms with Gasteiger partial charge < -0.3 is 15.3 Å². The minimum absolute atomic E-state index is 0.0532. The number of hydroxylamine groups is 2. The molecule has 166 valence electrons. The molecule has 31 heavy (non-hydrogen) atoms. The summed E-state index contributed by atoms with van der Waals surface area (Å²) in [6, 6.07) is 0.669. The van der Waals surface area contributed by atoms with Crippen LogP contribution in [0.1, 0.15) is 28.7 Å². The van der Waals surface area contributed by atoms with Gasteiger partial charge in [-0.15, -0.1) is 0 Å². The van der Waals surface area contributed by atoms with Crippen LogP contribution in [0.5, 0.6) is 0 Å². The maximum atomic E-state index is 14.0. The Labute approximate surface area is 181 Å². The molecule has 2 N–H and O–H groups in total. The standard InChI is InChI=1S/C19H20ClF2N5O4/c1-9-3-15-11(17-18(29)25(2)31-10(8-28)6-27(17)24-15)7-26(9)19(30)23-16-4-12(20)13(21)5-14(16)22/h4-5,9-10,28H,3,6-8H2,1-2H3,(H,23,30)/t9-,10+/m1/s1. The van der Waals surface area contributed by atoms with Crippen LogP contribution in [0.4, 0.5) is 19.3 Å². The minimum atomic E-state index is -0.955. The van der Waals surface area contributed by atoms with Crippen molar-refractivity contribution in [2.45, 2.75) is 38.6 Å². The van der Waals surface area contributed by atoms with Gasteiger partial charge >= 0.3 is 6.03 Å². The third-order valence-electron chi connectivity index (χ3n) is 5.37. The molecule has 3 heterocycles. The number of benzene rings is 1. The van der Waals surface area contributed by atoms with E-state index in [2.05, 4.69) is 10.4 Å². The number of amides is 3. The summed E-state index contributed by atoms with van der Waals surface area (Å²) in [6.45, 7) is 1.74. The zero-order valence-electron chi connectivity index (χ0n) is 16.7. The highest BCUT2D eigenvalue weighted by Crippen LogP contribution is 2.30. The van der Waals surface area contributed by atoms with E-state index in [9.17, 15) is 23.5 Å². The number of urea groups is 1. The highest BCUT2D eigenvalue weighted by molar-refractivity contribution is 6.31. The van der Waals surface area contributed by atoms with E-state index >= 15 is 0 Å². The quantitative estimate of drug-likeness (QED) is 0.676. The van der Waals surface area contributed by atoms with Gasteiger partial charge in [-0.25, -0.2) is 18.6 Å². The van der Waals surface area contributed by atoms with Crippen molar-refractivity contribution in [2.24, 2.45) is 0 Å². The molecule has 0 aliphatic carbocycles. The van der Waals surface area contributed by atoms with Crippen molar-refractivity contribution in [1.82, 2.24) is 19.7 Å². The second-order valence-electron chi connectivity index (χ2n) is 7.53. The summed E-state index contributed by atoms with van der Waals surface area (Å²) >= 11 is 5.69. The molecule has 0 fully saturated rings. The average molecular weight is 456 g/mol. The van der Waals surface area contributed by atoms with E-state index in [1.807, 2.05) is 0 Å². The molecule has 0 spiro atoms. The second kappa shape index (κ2) is 8.06. The molecule has 9 nitrogen and oxygen atoms in total. The number of rotatable bonds is 2. The van der Waals surface area contributed by atoms with Crippen LogP contribution in [-0.2, 0) is 24.3 Å². The Bertz CT molecular complexity index is 1060. The fourth-order valence-electron chi connectivity index (χ4n) is 3.78. The Morgan fingerprint density at radius 3 is 2.84 bits per heavy atom. The largest absolute Gasteiger partial charge is 0.393 e. The number of aliphatic hydroxyl groups is 1. The van der Waals surface area contributed by atoms with Crippen molar-refractivity contribution in [2.75, 3.05) is 19.0 Å². The first-order valence-corrected chi connectivity index (χ1v) is 9.93. The molecule has 1 aromatic heterocycles. The lowest BCUT2D eigenvalue weighted by atomic mass is 9.99. The number of carbonyl (C=O) groups excluding carboxylic acids is 2. The normalized spacial score (nSPS) is 20.9.